The Balaban J connectivity index is 2.28. The predicted molar refractivity (Wildman–Crippen MR) is 63.3 cm³/mol. The molecular weight excluding hydrogens is 244 g/mol. The smallest absolute Gasteiger partial charge is 0.121 e. The molecule has 0 aromatic carbocycles. The summed E-state index contributed by atoms with van der Waals surface area (Å²) in [6.07, 6.45) is 4.86. The molecule has 6 heteroatoms. The first-order chi connectivity index (χ1) is 7.81. The van der Waals surface area contributed by atoms with Crippen molar-refractivity contribution in [3.63, 3.8) is 0 Å². The van der Waals surface area contributed by atoms with Crippen LogP contribution < -0.4 is 5.73 Å². The maximum absolute atomic E-state index is 6.15. The molecule has 2 aromatic rings. The summed E-state index contributed by atoms with van der Waals surface area (Å²) < 4.78 is 0. The van der Waals surface area contributed by atoms with Gasteiger partial charge in [-0.1, -0.05) is 11.6 Å². The van der Waals surface area contributed by atoms with Crippen molar-refractivity contribution in [3.05, 3.63) is 41.4 Å². The maximum atomic E-state index is 6.15. The van der Waals surface area contributed by atoms with Crippen LogP contribution in [-0.4, -0.2) is 15.0 Å². The second-order valence-corrected chi connectivity index (χ2v) is 4.33. The fraction of sp³-hybridized carbons (Fsp3) is 0.100. The molecule has 0 amide bonds. The van der Waals surface area contributed by atoms with E-state index in [1.165, 1.54) is 18.1 Å². The molecule has 0 saturated heterocycles. The van der Waals surface area contributed by atoms with E-state index < -0.39 is 0 Å². The van der Waals surface area contributed by atoms with Gasteiger partial charge < -0.3 is 5.73 Å². The van der Waals surface area contributed by atoms with Crippen molar-refractivity contribution in [2.75, 3.05) is 0 Å². The van der Waals surface area contributed by atoms with Crippen molar-refractivity contribution in [1.29, 1.82) is 0 Å². The molecule has 0 atom stereocenters. The number of halogens is 1. The quantitative estimate of drug-likeness (QED) is 0.848. The highest BCUT2D eigenvalue weighted by Crippen LogP contribution is 2.31. The summed E-state index contributed by atoms with van der Waals surface area (Å²) in [6.45, 7) is 0.401. The van der Waals surface area contributed by atoms with Crippen molar-refractivity contribution < 1.29 is 0 Å². The lowest BCUT2D eigenvalue weighted by atomic mass is 10.3. The minimum atomic E-state index is 0.401. The SMILES string of the molecule is NCc1ccnc(Sc2ccncn2)c1Cl. The van der Waals surface area contributed by atoms with E-state index in [-0.39, 0.29) is 0 Å². The summed E-state index contributed by atoms with van der Waals surface area (Å²) >= 11 is 7.55. The third kappa shape index (κ3) is 2.49. The Morgan fingerprint density at radius 3 is 2.81 bits per heavy atom. The Morgan fingerprint density at radius 1 is 1.25 bits per heavy atom. The third-order valence-corrected chi connectivity index (χ3v) is 3.40. The van der Waals surface area contributed by atoms with Gasteiger partial charge in [-0.2, -0.15) is 0 Å². The van der Waals surface area contributed by atoms with Gasteiger partial charge in [0, 0.05) is 18.9 Å². The Hall–Kier alpha value is -1.17. The van der Waals surface area contributed by atoms with Gasteiger partial charge in [0.15, 0.2) is 0 Å². The highest BCUT2D eigenvalue weighted by atomic mass is 35.5. The minimum absolute atomic E-state index is 0.401. The zero-order chi connectivity index (χ0) is 11.4. The molecular formula is C10H9ClN4S. The maximum Gasteiger partial charge on any atom is 0.121 e. The molecule has 0 fully saturated rings. The number of pyridine rings is 1. The fourth-order valence-electron chi connectivity index (χ4n) is 1.13. The number of hydrogen-bond acceptors (Lipinski definition) is 5. The van der Waals surface area contributed by atoms with Crippen LogP contribution in [0.2, 0.25) is 5.02 Å². The summed E-state index contributed by atoms with van der Waals surface area (Å²) in [5, 5.41) is 2.11. The lowest BCUT2D eigenvalue weighted by Gasteiger charge is -2.05. The Bertz CT molecular complexity index is 478. The molecule has 2 heterocycles. The Labute approximate surface area is 102 Å². The van der Waals surface area contributed by atoms with Crippen LogP contribution in [0.25, 0.3) is 0 Å². The number of hydrogen-bond donors (Lipinski definition) is 1. The zero-order valence-electron chi connectivity index (χ0n) is 8.30. The zero-order valence-corrected chi connectivity index (χ0v) is 9.87. The van der Waals surface area contributed by atoms with Gasteiger partial charge in [0.2, 0.25) is 0 Å². The molecule has 0 saturated carbocycles. The van der Waals surface area contributed by atoms with E-state index in [1.807, 2.05) is 6.07 Å². The van der Waals surface area contributed by atoms with Crippen LogP contribution in [0.1, 0.15) is 5.56 Å². The van der Waals surface area contributed by atoms with Gasteiger partial charge in [-0.3, -0.25) is 0 Å². The number of aromatic nitrogens is 3. The lowest BCUT2D eigenvalue weighted by Crippen LogP contribution is -1.98. The molecule has 0 aliphatic rings. The summed E-state index contributed by atoms with van der Waals surface area (Å²) in [6, 6.07) is 3.62. The third-order valence-electron chi connectivity index (χ3n) is 1.91. The van der Waals surface area contributed by atoms with Gasteiger partial charge in [-0.25, -0.2) is 15.0 Å². The van der Waals surface area contributed by atoms with Gasteiger partial charge in [-0.05, 0) is 29.5 Å². The summed E-state index contributed by atoms with van der Waals surface area (Å²) in [7, 11) is 0. The topological polar surface area (TPSA) is 64.7 Å². The van der Waals surface area contributed by atoms with E-state index >= 15 is 0 Å². The fourth-order valence-corrected chi connectivity index (χ4v) is 2.19. The molecule has 2 N–H and O–H groups in total. The molecule has 0 spiro atoms. The van der Waals surface area contributed by atoms with Crippen LogP contribution >= 0.6 is 23.4 Å². The van der Waals surface area contributed by atoms with E-state index in [4.69, 9.17) is 17.3 Å². The first-order valence-electron chi connectivity index (χ1n) is 4.58. The van der Waals surface area contributed by atoms with Crippen LogP contribution in [0.15, 0.2) is 40.9 Å². The number of nitrogens with two attached hydrogens (primary N) is 1. The van der Waals surface area contributed by atoms with Crippen LogP contribution in [0.4, 0.5) is 0 Å². The molecule has 0 unspecified atom stereocenters. The summed E-state index contributed by atoms with van der Waals surface area (Å²) in [4.78, 5) is 12.1. The summed E-state index contributed by atoms with van der Waals surface area (Å²) in [5.74, 6) is 0. The molecule has 4 nitrogen and oxygen atoms in total. The average Bonchev–Trinajstić information content (AvgIpc) is 2.33. The van der Waals surface area contributed by atoms with E-state index in [9.17, 15) is 0 Å². The Morgan fingerprint density at radius 2 is 2.12 bits per heavy atom. The highest BCUT2D eigenvalue weighted by Gasteiger charge is 2.08. The van der Waals surface area contributed by atoms with Crippen LogP contribution in [-0.2, 0) is 6.54 Å². The molecule has 2 aromatic heterocycles. The molecule has 0 radical (unpaired) electrons. The standard InChI is InChI=1S/C10H9ClN4S/c11-9-7(5-12)1-4-14-10(9)16-8-2-3-13-6-15-8/h1-4,6H,5,12H2. The number of nitrogens with zero attached hydrogens (tertiary/aromatic N) is 3. The van der Waals surface area contributed by atoms with Crippen molar-refractivity contribution in [2.45, 2.75) is 16.6 Å². The molecule has 16 heavy (non-hydrogen) atoms. The monoisotopic (exact) mass is 252 g/mol. The van der Waals surface area contributed by atoms with Gasteiger partial charge >= 0.3 is 0 Å². The minimum Gasteiger partial charge on any atom is -0.326 e. The second-order valence-electron chi connectivity index (χ2n) is 2.94. The van der Waals surface area contributed by atoms with Crippen molar-refractivity contribution in [2.24, 2.45) is 5.73 Å². The van der Waals surface area contributed by atoms with Gasteiger partial charge in [0.25, 0.3) is 0 Å². The molecule has 0 aliphatic carbocycles. The van der Waals surface area contributed by atoms with E-state index in [2.05, 4.69) is 15.0 Å². The molecule has 0 aliphatic heterocycles. The molecule has 2 rings (SSSR count). The van der Waals surface area contributed by atoms with Gasteiger partial charge in [0.1, 0.15) is 16.4 Å². The Kier molecular flexibility index (Phi) is 3.71. The predicted octanol–water partition coefficient (Wildman–Crippen LogP) is 2.13. The van der Waals surface area contributed by atoms with E-state index in [0.29, 0.717) is 16.6 Å². The first-order valence-corrected chi connectivity index (χ1v) is 5.78. The lowest BCUT2D eigenvalue weighted by molar-refractivity contribution is 1.01. The van der Waals surface area contributed by atoms with Crippen LogP contribution in [0.3, 0.4) is 0 Å². The summed E-state index contributed by atoms with van der Waals surface area (Å²) in [5.41, 5.74) is 6.45. The van der Waals surface area contributed by atoms with E-state index in [1.54, 1.807) is 18.5 Å². The normalized spacial score (nSPS) is 10.4. The van der Waals surface area contributed by atoms with Crippen molar-refractivity contribution in [1.82, 2.24) is 15.0 Å². The van der Waals surface area contributed by atoms with Crippen LogP contribution in [0, 0.1) is 0 Å². The first kappa shape index (κ1) is 11.3. The van der Waals surface area contributed by atoms with Gasteiger partial charge in [-0.15, -0.1) is 0 Å². The van der Waals surface area contributed by atoms with Crippen molar-refractivity contribution >= 4 is 23.4 Å². The molecule has 82 valence electrons. The molecule has 0 bridgehead atoms. The van der Waals surface area contributed by atoms with Crippen LogP contribution in [0.5, 0.6) is 0 Å². The van der Waals surface area contributed by atoms with E-state index in [0.717, 1.165) is 10.6 Å². The van der Waals surface area contributed by atoms with Crippen molar-refractivity contribution in [3.8, 4) is 0 Å². The largest absolute Gasteiger partial charge is 0.326 e. The number of rotatable bonds is 3. The average molecular weight is 253 g/mol. The highest BCUT2D eigenvalue weighted by molar-refractivity contribution is 7.99. The van der Waals surface area contributed by atoms with Gasteiger partial charge in [0.05, 0.1) is 5.02 Å². The second kappa shape index (κ2) is 5.25.